The van der Waals surface area contributed by atoms with Crippen LogP contribution in [0, 0.1) is 0 Å². The van der Waals surface area contributed by atoms with Crippen LogP contribution in [0.15, 0.2) is 66.1 Å². The summed E-state index contributed by atoms with van der Waals surface area (Å²) in [6.45, 7) is 1.33. The van der Waals surface area contributed by atoms with Crippen LogP contribution in [0.3, 0.4) is 0 Å². The molecule has 0 spiro atoms. The Morgan fingerprint density at radius 3 is 2.71 bits per heavy atom. The number of aromatic nitrogens is 3. The smallest absolute Gasteiger partial charge is 0.250 e. The molecule has 2 aromatic heterocycles. The minimum atomic E-state index is -0.260. The van der Waals surface area contributed by atoms with Crippen molar-refractivity contribution in [3.63, 3.8) is 0 Å². The SMILES string of the molecule is O=C(C=Cc1ccccc1)Nc1nc(CC(=O)N2CCn3c2nc2ccccc23)cs1. The lowest BCUT2D eigenvalue weighted by atomic mass is 10.2. The first kappa shape index (κ1) is 19.2. The number of carbonyl (C=O) groups is 2. The standard InChI is InChI=1S/C23H19N5O2S/c29-20(11-10-16-6-2-1-3-7-16)26-22-24-17(15-31-22)14-21(30)28-13-12-27-19-9-5-4-8-18(19)25-23(27)28/h1-11,15H,12-14H2,(H,24,26,29). The molecule has 0 saturated carbocycles. The second-order valence-corrected chi connectivity index (χ2v) is 8.01. The molecule has 5 rings (SSSR count). The highest BCUT2D eigenvalue weighted by Gasteiger charge is 2.28. The van der Waals surface area contributed by atoms with Crippen molar-refractivity contribution in [1.29, 1.82) is 0 Å². The minimum absolute atomic E-state index is 0.0544. The van der Waals surface area contributed by atoms with Gasteiger partial charge in [-0.2, -0.15) is 0 Å². The van der Waals surface area contributed by atoms with E-state index in [1.54, 1.807) is 16.4 Å². The van der Waals surface area contributed by atoms with E-state index < -0.39 is 0 Å². The quantitative estimate of drug-likeness (QED) is 0.490. The van der Waals surface area contributed by atoms with Gasteiger partial charge in [-0.3, -0.25) is 19.8 Å². The number of imidazole rings is 1. The van der Waals surface area contributed by atoms with Crippen molar-refractivity contribution in [2.24, 2.45) is 0 Å². The Morgan fingerprint density at radius 1 is 1.03 bits per heavy atom. The van der Waals surface area contributed by atoms with Gasteiger partial charge in [0.1, 0.15) is 0 Å². The highest BCUT2D eigenvalue weighted by Crippen LogP contribution is 2.28. The molecule has 0 atom stereocenters. The van der Waals surface area contributed by atoms with Gasteiger partial charge in [0.2, 0.25) is 17.8 Å². The number of nitrogens with zero attached hydrogens (tertiary/aromatic N) is 4. The molecule has 4 aromatic rings. The Balaban J connectivity index is 1.23. The molecule has 1 N–H and O–H groups in total. The summed E-state index contributed by atoms with van der Waals surface area (Å²) in [5, 5.41) is 5.02. The number of anilines is 2. The lowest BCUT2D eigenvalue weighted by Crippen LogP contribution is -2.31. The van der Waals surface area contributed by atoms with Gasteiger partial charge in [0.05, 0.1) is 23.1 Å². The molecule has 8 heteroatoms. The van der Waals surface area contributed by atoms with Gasteiger partial charge in [0, 0.05) is 24.5 Å². The van der Waals surface area contributed by atoms with Crippen LogP contribution in [0.4, 0.5) is 11.1 Å². The molecular weight excluding hydrogens is 410 g/mol. The van der Waals surface area contributed by atoms with Gasteiger partial charge >= 0.3 is 0 Å². The Labute approximate surface area is 182 Å². The largest absolute Gasteiger partial charge is 0.308 e. The number of carbonyl (C=O) groups excluding carboxylic acids is 2. The molecule has 0 saturated heterocycles. The predicted octanol–water partition coefficient (Wildman–Crippen LogP) is 3.73. The highest BCUT2D eigenvalue weighted by atomic mass is 32.1. The summed E-state index contributed by atoms with van der Waals surface area (Å²) in [5.74, 6) is 0.367. The number of hydrogen-bond donors (Lipinski definition) is 1. The first-order valence-corrected chi connectivity index (χ1v) is 10.8. The van der Waals surface area contributed by atoms with Gasteiger partial charge in [-0.25, -0.2) is 9.97 Å². The van der Waals surface area contributed by atoms with Crippen LogP contribution in [0.2, 0.25) is 0 Å². The Hall–Kier alpha value is -3.78. The zero-order valence-corrected chi connectivity index (χ0v) is 17.4. The number of fused-ring (bicyclic) bond motifs is 3. The monoisotopic (exact) mass is 429 g/mol. The van der Waals surface area contributed by atoms with E-state index in [0.717, 1.165) is 23.1 Å². The van der Waals surface area contributed by atoms with E-state index in [2.05, 4.69) is 19.9 Å². The van der Waals surface area contributed by atoms with Crippen LogP contribution < -0.4 is 10.2 Å². The van der Waals surface area contributed by atoms with E-state index in [0.29, 0.717) is 23.3 Å². The number of hydrogen-bond acceptors (Lipinski definition) is 5. The van der Waals surface area contributed by atoms with Crippen molar-refractivity contribution < 1.29 is 9.59 Å². The predicted molar refractivity (Wildman–Crippen MR) is 122 cm³/mol. The zero-order valence-electron chi connectivity index (χ0n) is 16.6. The molecule has 0 radical (unpaired) electrons. The van der Waals surface area contributed by atoms with Gasteiger partial charge in [0.25, 0.3) is 0 Å². The second kappa shape index (κ2) is 8.16. The molecule has 0 fully saturated rings. The fourth-order valence-electron chi connectivity index (χ4n) is 3.60. The third-order valence-electron chi connectivity index (χ3n) is 5.07. The summed E-state index contributed by atoms with van der Waals surface area (Å²) in [6, 6.07) is 17.5. The summed E-state index contributed by atoms with van der Waals surface area (Å²) in [4.78, 5) is 35.7. The number of benzene rings is 2. The van der Waals surface area contributed by atoms with E-state index in [4.69, 9.17) is 0 Å². The van der Waals surface area contributed by atoms with Gasteiger partial charge in [0.15, 0.2) is 5.13 Å². The van der Waals surface area contributed by atoms with Gasteiger partial charge in [-0.15, -0.1) is 11.3 Å². The lowest BCUT2D eigenvalue weighted by Gasteiger charge is -2.12. The van der Waals surface area contributed by atoms with Gasteiger partial charge in [-0.05, 0) is 23.8 Å². The Morgan fingerprint density at radius 2 is 1.84 bits per heavy atom. The van der Waals surface area contributed by atoms with Crippen molar-refractivity contribution in [3.8, 4) is 0 Å². The molecule has 1 aliphatic rings. The fraction of sp³-hybridized carbons (Fsp3) is 0.130. The maximum absolute atomic E-state index is 12.9. The molecule has 2 aromatic carbocycles. The number of nitrogens with one attached hydrogen (secondary N) is 1. The summed E-state index contributed by atoms with van der Waals surface area (Å²) in [6.07, 6.45) is 3.37. The second-order valence-electron chi connectivity index (χ2n) is 7.15. The van der Waals surface area contributed by atoms with Crippen LogP contribution in [0.5, 0.6) is 0 Å². The van der Waals surface area contributed by atoms with Crippen LogP contribution in [0.25, 0.3) is 17.1 Å². The van der Waals surface area contributed by atoms with Crippen LogP contribution in [-0.2, 0) is 22.6 Å². The maximum Gasteiger partial charge on any atom is 0.250 e. The highest BCUT2D eigenvalue weighted by molar-refractivity contribution is 7.14. The third kappa shape index (κ3) is 3.97. The average Bonchev–Trinajstić information content (AvgIpc) is 3.48. The van der Waals surface area contributed by atoms with Crippen molar-refractivity contribution in [3.05, 3.63) is 77.3 Å². The number of rotatable bonds is 5. The summed E-state index contributed by atoms with van der Waals surface area (Å²) in [7, 11) is 0. The number of amides is 2. The molecule has 0 bridgehead atoms. The van der Waals surface area contributed by atoms with Crippen molar-refractivity contribution in [2.45, 2.75) is 13.0 Å². The molecule has 1 aliphatic heterocycles. The van der Waals surface area contributed by atoms with Crippen molar-refractivity contribution >= 4 is 51.3 Å². The summed E-state index contributed by atoms with van der Waals surface area (Å²) >= 11 is 1.30. The number of thiazole rings is 1. The van der Waals surface area contributed by atoms with Crippen LogP contribution >= 0.6 is 11.3 Å². The van der Waals surface area contributed by atoms with E-state index in [9.17, 15) is 9.59 Å². The van der Waals surface area contributed by atoms with E-state index in [1.807, 2.05) is 54.6 Å². The molecule has 2 amide bonds. The van der Waals surface area contributed by atoms with Crippen LogP contribution in [0.1, 0.15) is 11.3 Å². The average molecular weight is 430 g/mol. The van der Waals surface area contributed by atoms with E-state index >= 15 is 0 Å². The van der Waals surface area contributed by atoms with Crippen LogP contribution in [-0.4, -0.2) is 32.9 Å². The Bertz CT molecular complexity index is 1290. The molecule has 0 aliphatic carbocycles. The summed E-state index contributed by atoms with van der Waals surface area (Å²) < 4.78 is 2.07. The topological polar surface area (TPSA) is 80.1 Å². The van der Waals surface area contributed by atoms with E-state index in [1.165, 1.54) is 17.4 Å². The fourth-order valence-corrected chi connectivity index (χ4v) is 4.32. The number of para-hydroxylation sites is 2. The van der Waals surface area contributed by atoms with Gasteiger partial charge < -0.3 is 4.57 Å². The van der Waals surface area contributed by atoms with Crippen molar-refractivity contribution in [1.82, 2.24) is 14.5 Å². The van der Waals surface area contributed by atoms with E-state index in [-0.39, 0.29) is 18.2 Å². The minimum Gasteiger partial charge on any atom is -0.308 e. The molecular formula is C23H19N5O2S. The molecule has 154 valence electrons. The third-order valence-corrected chi connectivity index (χ3v) is 5.87. The zero-order chi connectivity index (χ0) is 21.2. The maximum atomic E-state index is 12.9. The first-order valence-electron chi connectivity index (χ1n) is 9.91. The molecule has 0 unspecified atom stereocenters. The van der Waals surface area contributed by atoms with Crippen molar-refractivity contribution in [2.75, 3.05) is 16.8 Å². The Kier molecular flexibility index (Phi) is 5.05. The summed E-state index contributed by atoms with van der Waals surface area (Å²) in [5.41, 5.74) is 3.50. The molecule has 31 heavy (non-hydrogen) atoms. The molecule has 7 nitrogen and oxygen atoms in total. The molecule has 3 heterocycles. The normalized spacial score (nSPS) is 13.1. The first-order chi connectivity index (χ1) is 15.2. The lowest BCUT2D eigenvalue weighted by molar-refractivity contribution is -0.118. The van der Waals surface area contributed by atoms with Gasteiger partial charge in [-0.1, -0.05) is 42.5 Å².